The lowest BCUT2D eigenvalue weighted by molar-refractivity contribution is -0.116. The van der Waals surface area contributed by atoms with E-state index in [9.17, 15) is 4.79 Å². The molecule has 0 radical (unpaired) electrons. The zero-order valence-corrected chi connectivity index (χ0v) is 19.9. The maximum atomic E-state index is 12.6. The molecule has 6 heteroatoms. The first kappa shape index (κ1) is 22.5. The van der Waals surface area contributed by atoms with E-state index in [1.807, 2.05) is 50.2 Å². The Morgan fingerprint density at radius 3 is 2.45 bits per heavy atom. The van der Waals surface area contributed by atoms with Gasteiger partial charge in [0, 0.05) is 17.9 Å². The zero-order valence-electron chi connectivity index (χ0n) is 19.9. The summed E-state index contributed by atoms with van der Waals surface area (Å²) in [6.07, 6.45) is 0.983. The van der Waals surface area contributed by atoms with Gasteiger partial charge in [0.2, 0.25) is 5.91 Å². The number of aromatic nitrogens is 3. The van der Waals surface area contributed by atoms with Crippen LogP contribution >= 0.6 is 0 Å². The molecule has 0 fully saturated rings. The number of nitrogens with one attached hydrogen (secondary N) is 1. The molecule has 0 unspecified atom stereocenters. The third-order valence-electron chi connectivity index (χ3n) is 5.60. The number of carbonyl (C=O) groups excluding carboxylic acids is 1. The average molecular weight is 443 g/mol. The molecule has 2 aromatic carbocycles. The number of pyridine rings is 1. The highest BCUT2D eigenvalue weighted by atomic mass is 16.5. The lowest BCUT2D eigenvalue weighted by Gasteiger charge is -2.12. The van der Waals surface area contributed by atoms with Gasteiger partial charge in [-0.2, -0.15) is 9.78 Å². The van der Waals surface area contributed by atoms with E-state index in [4.69, 9.17) is 9.72 Å². The first-order valence-corrected chi connectivity index (χ1v) is 11.2. The Morgan fingerprint density at radius 2 is 1.70 bits per heavy atom. The smallest absolute Gasteiger partial charge is 0.225 e. The molecular weight excluding hydrogens is 412 g/mol. The van der Waals surface area contributed by atoms with Crippen LogP contribution in [-0.4, -0.2) is 27.3 Å². The van der Waals surface area contributed by atoms with E-state index in [0.717, 1.165) is 33.5 Å². The number of aryl methyl sites for hydroxylation is 5. The van der Waals surface area contributed by atoms with Gasteiger partial charge >= 0.3 is 0 Å². The average Bonchev–Trinajstić information content (AvgIpc) is 3.13. The first-order valence-electron chi connectivity index (χ1n) is 11.2. The summed E-state index contributed by atoms with van der Waals surface area (Å²) in [4.78, 5) is 17.5. The number of carbonyl (C=O) groups is 1. The fourth-order valence-corrected chi connectivity index (χ4v) is 3.96. The summed E-state index contributed by atoms with van der Waals surface area (Å²) in [5.41, 5.74) is 6.42. The standard InChI is InChI=1S/C27H30N4O2/c1-17-8-10-22(11-9-17)33-12-6-7-26(32)28-25-16-21(5)30-31(25)24-15-19(3)23-14-18(2)13-20(4)27(23)29-24/h8-11,13-16H,6-7,12H2,1-5H3,(H,28,32). The van der Waals surface area contributed by atoms with Crippen molar-refractivity contribution in [2.24, 2.45) is 0 Å². The summed E-state index contributed by atoms with van der Waals surface area (Å²) in [5.74, 6) is 2.05. The fraction of sp³-hybridized carbons (Fsp3) is 0.296. The van der Waals surface area contributed by atoms with E-state index in [1.54, 1.807) is 4.68 Å². The van der Waals surface area contributed by atoms with Crippen LogP contribution in [0.5, 0.6) is 5.75 Å². The van der Waals surface area contributed by atoms with E-state index in [1.165, 1.54) is 11.1 Å². The van der Waals surface area contributed by atoms with Gasteiger partial charge in [-0.3, -0.25) is 4.79 Å². The third kappa shape index (κ3) is 5.22. The maximum Gasteiger partial charge on any atom is 0.225 e. The molecule has 0 saturated carbocycles. The number of amides is 1. The van der Waals surface area contributed by atoms with Gasteiger partial charge in [-0.05, 0) is 76.4 Å². The van der Waals surface area contributed by atoms with Gasteiger partial charge in [0.05, 0.1) is 17.8 Å². The van der Waals surface area contributed by atoms with Crippen LogP contribution in [0.15, 0.2) is 48.5 Å². The van der Waals surface area contributed by atoms with Crippen LogP contribution in [0.2, 0.25) is 0 Å². The number of ether oxygens (including phenoxy) is 1. The van der Waals surface area contributed by atoms with Crippen LogP contribution in [0.3, 0.4) is 0 Å². The lowest BCUT2D eigenvalue weighted by Crippen LogP contribution is -2.16. The second kappa shape index (κ2) is 9.45. The van der Waals surface area contributed by atoms with Gasteiger partial charge in [-0.15, -0.1) is 0 Å². The van der Waals surface area contributed by atoms with E-state index >= 15 is 0 Å². The number of rotatable bonds is 7. The minimum absolute atomic E-state index is 0.0760. The molecule has 0 atom stereocenters. The van der Waals surface area contributed by atoms with Crippen molar-refractivity contribution in [1.29, 1.82) is 0 Å². The van der Waals surface area contributed by atoms with Crippen molar-refractivity contribution in [3.63, 3.8) is 0 Å². The molecule has 4 aromatic rings. The topological polar surface area (TPSA) is 69.0 Å². The number of fused-ring (bicyclic) bond motifs is 1. The first-order chi connectivity index (χ1) is 15.8. The van der Waals surface area contributed by atoms with E-state index in [0.29, 0.717) is 31.1 Å². The van der Waals surface area contributed by atoms with Crippen molar-refractivity contribution in [3.8, 4) is 11.6 Å². The highest BCUT2D eigenvalue weighted by Crippen LogP contribution is 2.26. The molecule has 1 N–H and O–H groups in total. The Kier molecular flexibility index (Phi) is 6.45. The van der Waals surface area contributed by atoms with Crippen molar-refractivity contribution in [2.75, 3.05) is 11.9 Å². The Morgan fingerprint density at radius 1 is 0.939 bits per heavy atom. The van der Waals surface area contributed by atoms with Gasteiger partial charge in [0.25, 0.3) is 0 Å². The van der Waals surface area contributed by atoms with Crippen LogP contribution in [0.4, 0.5) is 5.82 Å². The van der Waals surface area contributed by atoms with Crippen molar-refractivity contribution >= 4 is 22.6 Å². The van der Waals surface area contributed by atoms with Crippen LogP contribution in [0, 0.1) is 34.6 Å². The molecule has 0 aliphatic heterocycles. The van der Waals surface area contributed by atoms with Crippen molar-refractivity contribution in [3.05, 3.63) is 76.5 Å². The van der Waals surface area contributed by atoms with Crippen molar-refractivity contribution < 1.29 is 9.53 Å². The Hall–Kier alpha value is -3.67. The van der Waals surface area contributed by atoms with Crippen LogP contribution in [-0.2, 0) is 4.79 Å². The van der Waals surface area contributed by atoms with E-state index in [-0.39, 0.29) is 5.91 Å². The summed E-state index contributed by atoms with van der Waals surface area (Å²) >= 11 is 0. The quantitative estimate of drug-likeness (QED) is 0.370. The summed E-state index contributed by atoms with van der Waals surface area (Å²) in [5, 5.41) is 8.72. The molecule has 0 bridgehead atoms. The molecule has 33 heavy (non-hydrogen) atoms. The predicted molar refractivity (Wildman–Crippen MR) is 132 cm³/mol. The summed E-state index contributed by atoms with van der Waals surface area (Å²) in [6.45, 7) is 10.7. The Bertz CT molecular complexity index is 1310. The lowest BCUT2D eigenvalue weighted by atomic mass is 10.0. The summed E-state index contributed by atoms with van der Waals surface area (Å²) in [7, 11) is 0. The van der Waals surface area contributed by atoms with E-state index in [2.05, 4.69) is 43.3 Å². The third-order valence-corrected chi connectivity index (χ3v) is 5.60. The number of benzene rings is 2. The highest BCUT2D eigenvalue weighted by molar-refractivity contribution is 5.90. The van der Waals surface area contributed by atoms with Crippen LogP contribution in [0.25, 0.3) is 16.7 Å². The molecule has 1 amide bonds. The van der Waals surface area contributed by atoms with Crippen LogP contribution < -0.4 is 10.1 Å². The maximum absolute atomic E-state index is 12.6. The largest absolute Gasteiger partial charge is 0.494 e. The van der Waals surface area contributed by atoms with Gasteiger partial charge in [0.1, 0.15) is 11.6 Å². The molecule has 0 saturated heterocycles. The van der Waals surface area contributed by atoms with Crippen molar-refractivity contribution in [1.82, 2.24) is 14.8 Å². The minimum atomic E-state index is -0.0760. The summed E-state index contributed by atoms with van der Waals surface area (Å²) < 4.78 is 7.43. The Balaban J connectivity index is 1.46. The zero-order chi connectivity index (χ0) is 23.5. The normalized spacial score (nSPS) is 11.1. The second-order valence-corrected chi connectivity index (χ2v) is 8.67. The molecule has 2 aromatic heterocycles. The predicted octanol–water partition coefficient (Wildman–Crippen LogP) is 5.76. The molecule has 0 spiro atoms. The summed E-state index contributed by atoms with van der Waals surface area (Å²) in [6, 6.07) is 16.1. The molecule has 6 nitrogen and oxygen atoms in total. The second-order valence-electron chi connectivity index (χ2n) is 8.67. The molecular formula is C27H30N4O2. The molecule has 0 aliphatic rings. The van der Waals surface area contributed by atoms with Crippen LogP contribution in [0.1, 0.15) is 40.8 Å². The number of nitrogens with zero attached hydrogens (tertiary/aromatic N) is 3. The van der Waals surface area contributed by atoms with Crippen molar-refractivity contribution in [2.45, 2.75) is 47.5 Å². The SMILES string of the molecule is Cc1ccc(OCCCC(=O)Nc2cc(C)nn2-c2cc(C)c3cc(C)cc(C)c3n2)cc1. The number of hydrogen-bond donors (Lipinski definition) is 1. The van der Waals surface area contributed by atoms with Gasteiger partial charge in [-0.25, -0.2) is 4.98 Å². The molecule has 170 valence electrons. The number of anilines is 1. The molecule has 4 rings (SSSR count). The van der Waals surface area contributed by atoms with Gasteiger partial charge in [0.15, 0.2) is 5.82 Å². The van der Waals surface area contributed by atoms with E-state index < -0.39 is 0 Å². The Labute approximate surface area is 194 Å². The van der Waals surface area contributed by atoms with Gasteiger partial charge < -0.3 is 10.1 Å². The monoisotopic (exact) mass is 442 g/mol. The molecule has 2 heterocycles. The fourth-order valence-electron chi connectivity index (χ4n) is 3.96. The molecule has 0 aliphatic carbocycles. The highest BCUT2D eigenvalue weighted by Gasteiger charge is 2.14. The number of hydrogen-bond acceptors (Lipinski definition) is 4. The minimum Gasteiger partial charge on any atom is -0.494 e. The van der Waals surface area contributed by atoms with Gasteiger partial charge in [-0.1, -0.05) is 29.3 Å².